The lowest BCUT2D eigenvalue weighted by Gasteiger charge is -2.23. The molecule has 5 nitrogen and oxygen atoms in total. The molecule has 3 aromatic rings. The molecule has 4 rings (SSSR count). The molecule has 1 fully saturated rings. The molecule has 0 spiro atoms. The Hall–Kier alpha value is -2.21. The number of halogens is 1. The molecule has 0 aliphatic carbocycles. The Kier molecular flexibility index (Phi) is 3.61. The maximum absolute atomic E-state index is 13.5. The number of anilines is 1. The van der Waals surface area contributed by atoms with Crippen molar-refractivity contribution in [2.45, 2.75) is 25.8 Å². The van der Waals surface area contributed by atoms with Crippen LogP contribution in [0.5, 0.6) is 0 Å². The first-order valence-electron chi connectivity index (χ1n) is 8.16. The second-order valence-corrected chi connectivity index (χ2v) is 6.07. The predicted octanol–water partition coefficient (Wildman–Crippen LogP) is 3.15. The standard InChI is InChI=1S/C17H20FN5/c1-2-23-7-3-4-12(23)9-19-17-16-15(20-10-21-17)13-8-11(18)5-6-14(13)22-16/h5-6,8,10,12,22H,2-4,7,9H2,1H3,(H,19,20,21)/t12-/m1/s1. The molecule has 0 amide bonds. The number of fused-ring (bicyclic) bond motifs is 3. The quantitative estimate of drug-likeness (QED) is 0.777. The Bertz CT molecular complexity index is 843. The molecule has 1 saturated heterocycles. The minimum Gasteiger partial charge on any atom is -0.367 e. The highest BCUT2D eigenvalue weighted by Gasteiger charge is 2.23. The van der Waals surface area contributed by atoms with Crippen LogP contribution in [0.4, 0.5) is 10.2 Å². The van der Waals surface area contributed by atoms with E-state index in [1.807, 2.05) is 0 Å². The molecular weight excluding hydrogens is 293 g/mol. The molecule has 1 atom stereocenters. The fourth-order valence-corrected chi connectivity index (χ4v) is 3.56. The van der Waals surface area contributed by atoms with E-state index in [0.717, 1.165) is 40.8 Å². The van der Waals surface area contributed by atoms with Crippen molar-refractivity contribution in [1.82, 2.24) is 19.9 Å². The van der Waals surface area contributed by atoms with E-state index in [1.165, 1.54) is 37.8 Å². The van der Waals surface area contributed by atoms with E-state index in [1.54, 1.807) is 6.07 Å². The molecule has 120 valence electrons. The Balaban J connectivity index is 1.66. The summed E-state index contributed by atoms with van der Waals surface area (Å²) in [6.45, 7) is 5.32. The first kappa shape index (κ1) is 14.4. The van der Waals surface area contributed by atoms with Crippen LogP contribution in [-0.4, -0.2) is 45.5 Å². The molecular formula is C17H20FN5. The van der Waals surface area contributed by atoms with Crippen molar-refractivity contribution in [2.75, 3.05) is 25.0 Å². The normalized spacial score (nSPS) is 19.0. The minimum atomic E-state index is -0.254. The van der Waals surface area contributed by atoms with Crippen molar-refractivity contribution in [3.05, 3.63) is 30.3 Å². The molecule has 1 aromatic carbocycles. The van der Waals surface area contributed by atoms with Gasteiger partial charge in [-0.1, -0.05) is 6.92 Å². The van der Waals surface area contributed by atoms with Crippen molar-refractivity contribution < 1.29 is 4.39 Å². The zero-order valence-corrected chi connectivity index (χ0v) is 13.1. The van der Waals surface area contributed by atoms with Gasteiger partial charge in [-0.15, -0.1) is 0 Å². The van der Waals surface area contributed by atoms with Crippen LogP contribution in [0.2, 0.25) is 0 Å². The lowest BCUT2D eigenvalue weighted by molar-refractivity contribution is 0.277. The van der Waals surface area contributed by atoms with Crippen molar-refractivity contribution >= 4 is 27.8 Å². The molecule has 1 aliphatic heterocycles. The Morgan fingerprint density at radius 3 is 3.17 bits per heavy atom. The van der Waals surface area contributed by atoms with Gasteiger partial charge in [-0.05, 0) is 44.1 Å². The van der Waals surface area contributed by atoms with E-state index >= 15 is 0 Å². The molecule has 3 heterocycles. The smallest absolute Gasteiger partial charge is 0.153 e. The van der Waals surface area contributed by atoms with Crippen LogP contribution in [0, 0.1) is 5.82 Å². The Morgan fingerprint density at radius 2 is 2.30 bits per heavy atom. The van der Waals surface area contributed by atoms with Crippen LogP contribution >= 0.6 is 0 Å². The number of aromatic amines is 1. The summed E-state index contributed by atoms with van der Waals surface area (Å²) in [5.74, 6) is 0.533. The average molecular weight is 313 g/mol. The molecule has 0 unspecified atom stereocenters. The SMILES string of the molecule is CCN1CCC[C@@H]1CNc1ncnc2c1[nH]c1ccc(F)cc12. The highest BCUT2D eigenvalue weighted by Crippen LogP contribution is 2.28. The first-order chi connectivity index (χ1) is 11.3. The largest absolute Gasteiger partial charge is 0.367 e. The van der Waals surface area contributed by atoms with Gasteiger partial charge in [0.15, 0.2) is 5.82 Å². The summed E-state index contributed by atoms with van der Waals surface area (Å²) >= 11 is 0. The van der Waals surface area contributed by atoms with Gasteiger partial charge >= 0.3 is 0 Å². The average Bonchev–Trinajstić information content (AvgIpc) is 3.16. The molecule has 6 heteroatoms. The zero-order chi connectivity index (χ0) is 15.8. The third-order valence-corrected chi connectivity index (χ3v) is 4.75. The Morgan fingerprint density at radius 1 is 1.39 bits per heavy atom. The van der Waals surface area contributed by atoms with Crippen LogP contribution in [0.15, 0.2) is 24.5 Å². The minimum absolute atomic E-state index is 0.254. The zero-order valence-electron chi connectivity index (χ0n) is 13.1. The molecule has 0 bridgehead atoms. The summed E-state index contributed by atoms with van der Waals surface area (Å²) in [6.07, 6.45) is 4.01. The molecule has 2 aromatic heterocycles. The molecule has 0 saturated carbocycles. The first-order valence-corrected chi connectivity index (χ1v) is 8.16. The summed E-state index contributed by atoms with van der Waals surface area (Å²) < 4.78 is 13.5. The number of nitrogens with zero attached hydrogens (tertiary/aromatic N) is 3. The fourth-order valence-electron chi connectivity index (χ4n) is 3.56. The van der Waals surface area contributed by atoms with E-state index in [-0.39, 0.29) is 5.82 Å². The number of benzene rings is 1. The van der Waals surface area contributed by atoms with Gasteiger partial charge in [-0.3, -0.25) is 4.90 Å². The van der Waals surface area contributed by atoms with Gasteiger partial charge in [0.2, 0.25) is 0 Å². The third kappa shape index (κ3) is 2.53. The highest BCUT2D eigenvalue weighted by atomic mass is 19.1. The summed E-state index contributed by atoms with van der Waals surface area (Å²) in [4.78, 5) is 14.5. The molecule has 1 aliphatic rings. The lowest BCUT2D eigenvalue weighted by atomic mass is 10.2. The monoisotopic (exact) mass is 313 g/mol. The number of hydrogen-bond donors (Lipinski definition) is 2. The third-order valence-electron chi connectivity index (χ3n) is 4.75. The number of nitrogens with one attached hydrogen (secondary N) is 2. The van der Waals surface area contributed by atoms with Crippen LogP contribution in [0.3, 0.4) is 0 Å². The van der Waals surface area contributed by atoms with E-state index in [2.05, 4.69) is 32.1 Å². The van der Waals surface area contributed by atoms with Crippen molar-refractivity contribution in [3.63, 3.8) is 0 Å². The van der Waals surface area contributed by atoms with Crippen LogP contribution < -0.4 is 5.32 Å². The maximum atomic E-state index is 13.5. The number of aromatic nitrogens is 3. The molecule has 2 N–H and O–H groups in total. The number of H-pyrrole nitrogens is 1. The van der Waals surface area contributed by atoms with E-state index in [9.17, 15) is 4.39 Å². The maximum Gasteiger partial charge on any atom is 0.153 e. The van der Waals surface area contributed by atoms with Crippen molar-refractivity contribution in [2.24, 2.45) is 0 Å². The summed E-state index contributed by atoms with van der Waals surface area (Å²) in [5.41, 5.74) is 2.48. The molecule has 23 heavy (non-hydrogen) atoms. The van der Waals surface area contributed by atoms with Gasteiger partial charge in [0.1, 0.15) is 23.2 Å². The summed E-state index contributed by atoms with van der Waals surface area (Å²) in [5, 5.41) is 4.24. The highest BCUT2D eigenvalue weighted by molar-refractivity contribution is 6.07. The number of likely N-dealkylation sites (tertiary alicyclic amines) is 1. The van der Waals surface area contributed by atoms with E-state index in [0.29, 0.717) is 6.04 Å². The number of hydrogen-bond acceptors (Lipinski definition) is 4. The van der Waals surface area contributed by atoms with E-state index < -0.39 is 0 Å². The van der Waals surface area contributed by atoms with Gasteiger partial charge in [0, 0.05) is 23.5 Å². The second kappa shape index (κ2) is 5.77. The topological polar surface area (TPSA) is 56.8 Å². The van der Waals surface area contributed by atoms with Crippen LogP contribution in [0.1, 0.15) is 19.8 Å². The number of likely N-dealkylation sites (N-methyl/N-ethyl adjacent to an activating group) is 1. The fraction of sp³-hybridized carbons (Fsp3) is 0.412. The van der Waals surface area contributed by atoms with Gasteiger partial charge in [-0.2, -0.15) is 0 Å². The van der Waals surface area contributed by atoms with Crippen LogP contribution in [0.25, 0.3) is 21.9 Å². The predicted molar refractivity (Wildman–Crippen MR) is 90.1 cm³/mol. The van der Waals surface area contributed by atoms with Gasteiger partial charge in [0.25, 0.3) is 0 Å². The van der Waals surface area contributed by atoms with Gasteiger partial charge < -0.3 is 10.3 Å². The molecule has 0 radical (unpaired) electrons. The lowest BCUT2D eigenvalue weighted by Crippen LogP contribution is -2.34. The van der Waals surface area contributed by atoms with Gasteiger partial charge in [-0.25, -0.2) is 14.4 Å². The summed E-state index contributed by atoms with van der Waals surface area (Å²) in [6, 6.07) is 5.26. The van der Waals surface area contributed by atoms with Crippen molar-refractivity contribution in [3.8, 4) is 0 Å². The van der Waals surface area contributed by atoms with Crippen molar-refractivity contribution in [1.29, 1.82) is 0 Å². The van der Waals surface area contributed by atoms with Gasteiger partial charge in [0.05, 0.1) is 0 Å². The van der Waals surface area contributed by atoms with E-state index in [4.69, 9.17) is 0 Å². The summed E-state index contributed by atoms with van der Waals surface area (Å²) in [7, 11) is 0. The number of rotatable bonds is 4. The van der Waals surface area contributed by atoms with Crippen LogP contribution in [-0.2, 0) is 0 Å². The Labute approximate surface area is 133 Å². The second-order valence-electron chi connectivity index (χ2n) is 6.07.